The van der Waals surface area contributed by atoms with Gasteiger partial charge in [-0.3, -0.25) is 9.59 Å². The van der Waals surface area contributed by atoms with Gasteiger partial charge in [-0.1, -0.05) is 30.2 Å². The molecule has 0 saturated heterocycles. The van der Waals surface area contributed by atoms with Crippen LogP contribution in [-0.4, -0.2) is 18.5 Å². The SMILES string of the molecule is O=C(COC(=O)C[C@H]1C[C@H]2CC[C@@H]1C2)Nc1ccccc1Cl. The molecule has 0 aromatic heterocycles. The number of halogens is 1. The summed E-state index contributed by atoms with van der Waals surface area (Å²) < 4.78 is 5.09. The van der Waals surface area contributed by atoms with Crippen molar-refractivity contribution in [3.8, 4) is 0 Å². The number of anilines is 1. The Bertz CT molecular complexity index is 575. The van der Waals surface area contributed by atoms with Gasteiger partial charge in [0, 0.05) is 6.42 Å². The van der Waals surface area contributed by atoms with Gasteiger partial charge in [0.05, 0.1) is 10.7 Å². The van der Waals surface area contributed by atoms with E-state index in [0.717, 1.165) is 12.3 Å². The quantitative estimate of drug-likeness (QED) is 0.842. The molecule has 3 rings (SSSR count). The first-order chi connectivity index (χ1) is 10.6. The number of fused-ring (bicyclic) bond motifs is 2. The van der Waals surface area contributed by atoms with Crippen molar-refractivity contribution < 1.29 is 14.3 Å². The number of nitrogens with one attached hydrogen (secondary N) is 1. The normalized spacial score (nSPS) is 26.0. The number of benzene rings is 1. The van der Waals surface area contributed by atoms with Gasteiger partial charge < -0.3 is 10.1 Å². The molecule has 2 aliphatic rings. The average Bonchev–Trinajstić information content (AvgIpc) is 3.10. The number of hydrogen-bond donors (Lipinski definition) is 1. The Balaban J connectivity index is 1.41. The Labute approximate surface area is 135 Å². The van der Waals surface area contributed by atoms with Gasteiger partial charge in [-0.25, -0.2) is 0 Å². The summed E-state index contributed by atoms with van der Waals surface area (Å²) in [6, 6.07) is 6.96. The van der Waals surface area contributed by atoms with Gasteiger partial charge in [-0.05, 0) is 49.1 Å². The molecule has 1 aromatic rings. The van der Waals surface area contributed by atoms with Crippen LogP contribution in [0.2, 0.25) is 5.02 Å². The number of rotatable bonds is 5. The van der Waals surface area contributed by atoms with Crippen molar-refractivity contribution in [2.45, 2.75) is 32.1 Å². The van der Waals surface area contributed by atoms with Crippen molar-refractivity contribution in [2.24, 2.45) is 17.8 Å². The van der Waals surface area contributed by atoms with Crippen LogP contribution in [0.1, 0.15) is 32.1 Å². The van der Waals surface area contributed by atoms with Crippen LogP contribution in [0.3, 0.4) is 0 Å². The molecule has 2 fully saturated rings. The van der Waals surface area contributed by atoms with E-state index >= 15 is 0 Å². The highest BCUT2D eigenvalue weighted by atomic mass is 35.5. The smallest absolute Gasteiger partial charge is 0.306 e. The number of carbonyl (C=O) groups excluding carboxylic acids is 2. The Morgan fingerprint density at radius 2 is 2.05 bits per heavy atom. The predicted molar refractivity (Wildman–Crippen MR) is 84.6 cm³/mol. The summed E-state index contributed by atoms with van der Waals surface area (Å²) in [5.41, 5.74) is 0.526. The van der Waals surface area contributed by atoms with Crippen LogP contribution in [-0.2, 0) is 14.3 Å². The Morgan fingerprint density at radius 3 is 2.73 bits per heavy atom. The molecule has 4 nitrogen and oxygen atoms in total. The second-order valence-corrected chi connectivity index (χ2v) is 6.73. The minimum Gasteiger partial charge on any atom is -0.456 e. The summed E-state index contributed by atoms with van der Waals surface area (Å²) in [5.74, 6) is 1.32. The van der Waals surface area contributed by atoms with Gasteiger partial charge in [0.1, 0.15) is 0 Å². The first kappa shape index (κ1) is 15.3. The molecule has 0 spiro atoms. The molecule has 2 bridgehead atoms. The maximum Gasteiger partial charge on any atom is 0.306 e. The predicted octanol–water partition coefficient (Wildman–Crippen LogP) is 3.65. The first-order valence-corrected chi connectivity index (χ1v) is 8.19. The highest BCUT2D eigenvalue weighted by molar-refractivity contribution is 6.33. The molecule has 5 heteroatoms. The van der Waals surface area contributed by atoms with E-state index in [1.54, 1.807) is 24.3 Å². The molecule has 0 aliphatic heterocycles. The maximum atomic E-state index is 11.9. The fourth-order valence-electron chi connectivity index (χ4n) is 3.79. The molecule has 1 N–H and O–H groups in total. The van der Waals surface area contributed by atoms with Crippen LogP contribution in [0.25, 0.3) is 0 Å². The largest absolute Gasteiger partial charge is 0.456 e. The average molecular weight is 322 g/mol. The molecule has 3 atom stereocenters. The lowest BCUT2D eigenvalue weighted by Crippen LogP contribution is -2.23. The molecule has 22 heavy (non-hydrogen) atoms. The topological polar surface area (TPSA) is 55.4 Å². The lowest BCUT2D eigenvalue weighted by molar-refractivity contribution is -0.148. The van der Waals surface area contributed by atoms with E-state index in [0.29, 0.717) is 29.0 Å². The third-order valence-electron chi connectivity index (χ3n) is 4.83. The highest BCUT2D eigenvalue weighted by Gasteiger charge is 2.40. The van der Waals surface area contributed by atoms with Crippen LogP contribution in [0.15, 0.2) is 24.3 Å². The first-order valence-electron chi connectivity index (χ1n) is 7.82. The van der Waals surface area contributed by atoms with E-state index in [2.05, 4.69) is 5.32 Å². The molecule has 0 heterocycles. The van der Waals surface area contributed by atoms with Gasteiger partial charge in [0.2, 0.25) is 0 Å². The zero-order chi connectivity index (χ0) is 15.5. The van der Waals surface area contributed by atoms with Gasteiger partial charge in [0.15, 0.2) is 6.61 Å². The highest BCUT2D eigenvalue weighted by Crippen LogP contribution is 2.49. The monoisotopic (exact) mass is 321 g/mol. The molecular weight excluding hydrogens is 302 g/mol. The zero-order valence-electron chi connectivity index (χ0n) is 12.4. The van der Waals surface area contributed by atoms with E-state index < -0.39 is 0 Å². The van der Waals surface area contributed by atoms with Gasteiger partial charge >= 0.3 is 5.97 Å². The second-order valence-electron chi connectivity index (χ2n) is 6.33. The third-order valence-corrected chi connectivity index (χ3v) is 5.16. The fraction of sp³-hybridized carbons (Fsp3) is 0.529. The number of esters is 1. The molecule has 2 saturated carbocycles. The van der Waals surface area contributed by atoms with Crippen molar-refractivity contribution >= 4 is 29.2 Å². The molecule has 1 aromatic carbocycles. The fourth-order valence-corrected chi connectivity index (χ4v) is 3.98. The summed E-state index contributed by atoms with van der Waals surface area (Å²) in [7, 11) is 0. The number of amides is 1. The summed E-state index contributed by atoms with van der Waals surface area (Å²) in [4.78, 5) is 23.7. The van der Waals surface area contributed by atoms with Crippen LogP contribution < -0.4 is 5.32 Å². The van der Waals surface area contributed by atoms with Gasteiger partial charge in [-0.15, -0.1) is 0 Å². The molecular formula is C17H20ClNO3. The Hall–Kier alpha value is -1.55. The van der Waals surface area contributed by atoms with E-state index in [9.17, 15) is 9.59 Å². The number of ether oxygens (including phenoxy) is 1. The van der Waals surface area contributed by atoms with Crippen LogP contribution in [0.4, 0.5) is 5.69 Å². The molecule has 1 amide bonds. The van der Waals surface area contributed by atoms with Crippen molar-refractivity contribution in [2.75, 3.05) is 11.9 Å². The Morgan fingerprint density at radius 1 is 1.23 bits per heavy atom. The molecule has 2 aliphatic carbocycles. The molecule has 0 radical (unpaired) electrons. The van der Waals surface area contributed by atoms with E-state index in [-0.39, 0.29) is 18.5 Å². The summed E-state index contributed by atoms with van der Waals surface area (Å²) in [5, 5.41) is 3.10. The summed E-state index contributed by atoms with van der Waals surface area (Å²) in [6.45, 7) is -0.259. The standard InChI is InChI=1S/C17H20ClNO3/c18-14-3-1-2-4-15(14)19-16(20)10-22-17(21)9-13-8-11-5-6-12(13)7-11/h1-4,11-13H,5-10H2,(H,19,20)/t11-,12+,13+/m0/s1. The van der Waals surface area contributed by atoms with Gasteiger partial charge in [-0.2, -0.15) is 0 Å². The van der Waals surface area contributed by atoms with E-state index in [1.807, 2.05) is 0 Å². The summed E-state index contributed by atoms with van der Waals surface area (Å²) >= 11 is 5.96. The van der Waals surface area contributed by atoms with E-state index in [1.165, 1.54) is 19.3 Å². The number of hydrogen-bond acceptors (Lipinski definition) is 3. The van der Waals surface area contributed by atoms with Crippen molar-refractivity contribution in [3.05, 3.63) is 29.3 Å². The second kappa shape index (κ2) is 6.69. The van der Waals surface area contributed by atoms with E-state index in [4.69, 9.17) is 16.3 Å². The minimum atomic E-state index is -0.366. The Kier molecular flexibility index (Phi) is 4.67. The number of para-hydroxylation sites is 1. The minimum absolute atomic E-state index is 0.259. The van der Waals surface area contributed by atoms with Crippen molar-refractivity contribution in [1.29, 1.82) is 0 Å². The third kappa shape index (κ3) is 3.61. The van der Waals surface area contributed by atoms with Crippen LogP contribution in [0, 0.1) is 17.8 Å². The van der Waals surface area contributed by atoms with Crippen molar-refractivity contribution in [1.82, 2.24) is 0 Å². The lowest BCUT2D eigenvalue weighted by Gasteiger charge is -2.20. The zero-order valence-corrected chi connectivity index (χ0v) is 13.1. The van der Waals surface area contributed by atoms with Crippen LogP contribution in [0.5, 0.6) is 0 Å². The number of carbonyl (C=O) groups is 2. The van der Waals surface area contributed by atoms with Crippen molar-refractivity contribution in [3.63, 3.8) is 0 Å². The maximum absolute atomic E-state index is 11.9. The molecule has 118 valence electrons. The lowest BCUT2D eigenvalue weighted by atomic mass is 9.86. The van der Waals surface area contributed by atoms with Crippen LogP contribution >= 0.6 is 11.6 Å². The van der Waals surface area contributed by atoms with Gasteiger partial charge in [0.25, 0.3) is 5.91 Å². The summed E-state index contributed by atoms with van der Waals surface area (Å²) in [6.07, 6.45) is 5.42. The molecule has 0 unspecified atom stereocenters.